The van der Waals surface area contributed by atoms with Gasteiger partial charge < -0.3 is 0 Å². The normalized spacial score (nSPS) is 39.3. The van der Waals surface area contributed by atoms with Crippen molar-refractivity contribution >= 4 is 8.37 Å². The van der Waals surface area contributed by atoms with Gasteiger partial charge in [0.05, 0.1) is 0 Å². The lowest BCUT2D eigenvalue weighted by Crippen LogP contribution is -2.48. The average molecular weight is 174 g/mol. The van der Waals surface area contributed by atoms with Crippen molar-refractivity contribution in [1.82, 2.24) is 20.2 Å². The summed E-state index contributed by atoms with van der Waals surface area (Å²) in [6.07, 6.45) is 0. The van der Waals surface area contributed by atoms with Crippen molar-refractivity contribution in [2.24, 2.45) is 0 Å². The van der Waals surface area contributed by atoms with Gasteiger partial charge in [0.2, 0.25) is 0 Å². The topological polar surface area (TPSA) is 39.3 Å². The largest absolute Gasteiger partial charge is 0.300 e. The molecule has 3 N–H and O–H groups in total. The Kier molecular flexibility index (Phi) is 2.72. The Morgan fingerprint density at radius 2 is 1.27 bits per heavy atom. The van der Waals surface area contributed by atoms with Crippen LogP contribution < -0.4 is 15.3 Å². The molecule has 3 rings (SSSR count). The molecule has 0 aromatic carbocycles. The molecule has 3 saturated heterocycles. The van der Waals surface area contributed by atoms with Gasteiger partial charge in [0.15, 0.2) is 0 Å². The third kappa shape index (κ3) is 2.10. The van der Waals surface area contributed by atoms with Crippen LogP contribution in [0.25, 0.3) is 0 Å². The second-order valence-corrected chi connectivity index (χ2v) is 4.52. The molecule has 0 radical (unpaired) electrons. The summed E-state index contributed by atoms with van der Waals surface area (Å²) in [5, 5.41) is 10.4. The van der Waals surface area contributed by atoms with Gasteiger partial charge in [-0.1, -0.05) is 0 Å². The Balaban J connectivity index is 1.96. The highest BCUT2D eigenvalue weighted by molar-refractivity contribution is 7.51. The number of fused-ring (bicyclic) bond motifs is 6. The van der Waals surface area contributed by atoms with E-state index in [9.17, 15) is 0 Å². The number of nitrogens with zero attached hydrogens (tertiary/aromatic N) is 1. The van der Waals surface area contributed by atoms with E-state index in [0.717, 1.165) is 19.6 Å². The van der Waals surface area contributed by atoms with E-state index in [1.807, 2.05) is 0 Å². The van der Waals surface area contributed by atoms with Gasteiger partial charge in [0.25, 0.3) is 0 Å². The summed E-state index contributed by atoms with van der Waals surface area (Å²) in [5.74, 6) is 0. The Morgan fingerprint density at radius 3 is 1.73 bits per heavy atom. The van der Waals surface area contributed by atoms with Crippen molar-refractivity contribution in [3.8, 4) is 0 Å². The van der Waals surface area contributed by atoms with Crippen LogP contribution in [-0.2, 0) is 0 Å². The van der Waals surface area contributed by atoms with E-state index in [2.05, 4.69) is 20.2 Å². The van der Waals surface area contributed by atoms with Crippen LogP contribution in [0.5, 0.6) is 0 Å². The molecule has 0 spiro atoms. The van der Waals surface area contributed by atoms with Crippen LogP contribution in [0.2, 0.25) is 0 Å². The second-order valence-electron chi connectivity index (χ2n) is 2.90. The fourth-order valence-electron chi connectivity index (χ4n) is 1.46. The number of rotatable bonds is 0. The van der Waals surface area contributed by atoms with Crippen molar-refractivity contribution in [1.29, 1.82) is 0 Å². The number of hydrogen-bond donors (Lipinski definition) is 3. The van der Waals surface area contributed by atoms with Gasteiger partial charge in [0.1, 0.15) is 8.37 Å². The van der Waals surface area contributed by atoms with Gasteiger partial charge in [-0.15, -0.1) is 0 Å². The molecule has 0 amide bonds. The van der Waals surface area contributed by atoms with Crippen LogP contribution in [-0.4, -0.2) is 44.2 Å². The van der Waals surface area contributed by atoms with Crippen LogP contribution in [0, 0.1) is 0 Å². The molecule has 0 aromatic heterocycles. The minimum absolute atomic E-state index is 0.254. The summed E-state index contributed by atoms with van der Waals surface area (Å²) in [6.45, 7) is 6.98. The molecule has 11 heavy (non-hydrogen) atoms. The Hall–Kier alpha value is 0.270. The van der Waals surface area contributed by atoms with E-state index in [0.29, 0.717) is 0 Å². The van der Waals surface area contributed by atoms with Crippen molar-refractivity contribution in [3.05, 3.63) is 0 Å². The van der Waals surface area contributed by atoms with Crippen LogP contribution in [0.1, 0.15) is 0 Å². The van der Waals surface area contributed by atoms with Crippen molar-refractivity contribution < 1.29 is 0 Å². The molecule has 0 saturated carbocycles. The fourth-order valence-corrected chi connectivity index (χ4v) is 2.77. The van der Waals surface area contributed by atoms with Gasteiger partial charge in [-0.2, -0.15) is 0 Å². The van der Waals surface area contributed by atoms with Crippen molar-refractivity contribution in [2.75, 3.05) is 39.3 Å². The van der Waals surface area contributed by atoms with Gasteiger partial charge in [-0.05, 0) is 0 Å². The molecule has 3 heterocycles. The van der Waals surface area contributed by atoms with Gasteiger partial charge in [-0.3, -0.25) is 20.2 Å². The molecule has 3 aliphatic rings. The first-order valence-electron chi connectivity index (χ1n) is 4.18. The van der Waals surface area contributed by atoms with Crippen LogP contribution in [0.15, 0.2) is 0 Å². The summed E-state index contributed by atoms with van der Waals surface area (Å²) in [6, 6.07) is 0. The zero-order valence-electron chi connectivity index (χ0n) is 6.64. The smallest absolute Gasteiger partial charge is 0.111 e. The summed E-state index contributed by atoms with van der Waals surface area (Å²) in [5.41, 5.74) is 0. The number of nitrogens with one attached hydrogen (secondary N) is 3. The minimum atomic E-state index is -0.254. The third-order valence-electron chi connectivity index (χ3n) is 2.09. The quantitative estimate of drug-likeness (QED) is 0.425. The monoisotopic (exact) mass is 174 g/mol. The highest BCUT2D eigenvalue weighted by Crippen LogP contribution is 2.20. The SMILES string of the molecule is C1CN2CCNP(N1)NCC2. The molecule has 2 bridgehead atoms. The van der Waals surface area contributed by atoms with Gasteiger partial charge in [0, 0.05) is 39.3 Å². The molecule has 0 atom stereocenters. The summed E-state index contributed by atoms with van der Waals surface area (Å²) in [7, 11) is -0.254. The molecule has 3 fully saturated rings. The van der Waals surface area contributed by atoms with Crippen LogP contribution in [0.4, 0.5) is 0 Å². The Labute approximate surface area is 68.6 Å². The summed E-state index contributed by atoms with van der Waals surface area (Å²) >= 11 is 0. The minimum Gasteiger partial charge on any atom is -0.300 e. The standard InChI is InChI=1S/C6H15N4P/c1-4-10-5-2-8-11(7-1)9-3-6-10/h7-9H,1-6H2. The highest BCUT2D eigenvalue weighted by atomic mass is 31.1. The zero-order valence-corrected chi connectivity index (χ0v) is 7.53. The average Bonchev–Trinajstić information content (AvgIpc) is 1.80. The lowest BCUT2D eigenvalue weighted by Gasteiger charge is -2.33. The van der Waals surface area contributed by atoms with E-state index in [-0.39, 0.29) is 8.37 Å². The van der Waals surface area contributed by atoms with Crippen LogP contribution in [0.3, 0.4) is 0 Å². The van der Waals surface area contributed by atoms with Gasteiger partial charge >= 0.3 is 0 Å². The van der Waals surface area contributed by atoms with E-state index in [4.69, 9.17) is 0 Å². The van der Waals surface area contributed by atoms with E-state index < -0.39 is 0 Å². The van der Waals surface area contributed by atoms with Crippen LogP contribution >= 0.6 is 8.37 Å². The lowest BCUT2D eigenvalue weighted by atomic mass is 10.4. The predicted molar refractivity (Wildman–Crippen MR) is 47.4 cm³/mol. The van der Waals surface area contributed by atoms with Gasteiger partial charge in [-0.25, -0.2) is 0 Å². The molecular weight excluding hydrogens is 159 g/mol. The fraction of sp³-hybridized carbons (Fsp3) is 1.00. The molecule has 64 valence electrons. The van der Waals surface area contributed by atoms with E-state index in [1.165, 1.54) is 19.6 Å². The van der Waals surface area contributed by atoms with Crippen molar-refractivity contribution in [3.63, 3.8) is 0 Å². The molecular formula is C6H15N4P. The molecule has 5 heteroatoms. The Bertz CT molecular complexity index is 96.0. The third-order valence-corrected chi connectivity index (χ3v) is 3.71. The molecule has 0 unspecified atom stereocenters. The maximum atomic E-state index is 3.45. The Morgan fingerprint density at radius 1 is 0.818 bits per heavy atom. The molecule has 3 aliphatic heterocycles. The highest BCUT2D eigenvalue weighted by Gasteiger charge is 2.16. The van der Waals surface area contributed by atoms with Crippen molar-refractivity contribution in [2.45, 2.75) is 0 Å². The molecule has 4 nitrogen and oxygen atoms in total. The maximum absolute atomic E-state index is 3.45. The number of hydrogen-bond acceptors (Lipinski definition) is 4. The van der Waals surface area contributed by atoms with E-state index >= 15 is 0 Å². The summed E-state index contributed by atoms with van der Waals surface area (Å²) in [4.78, 5) is 2.48. The molecule has 0 aliphatic carbocycles. The maximum Gasteiger partial charge on any atom is 0.111 e. The molecule has 0 aromatic rings. The second kappa shape index (κ2) is 3.78. The van der Waals surface area contributed by atoms with E-state index in [1.54, 1.807) is 0 Å². The first kappa shape index (κ1) is 7.90. The predicted octanol–water partition coefficient (Wildman–Crippen LogP) is -0.689. The zero-order chi connectivity index (χ0) is 7.52. The first-order valence-corrected chi connectivity index (χ1v) is 5.52. The lowest BCUT2D eigenvalue weighted by molar-refractivity contribution is 0.276. The summed E-state index contributed by atoms with van der Waals surface area (Å²) < 4.78 is 0. The first-order chi connectivity index (χ1) is 5.45.